The smallest absolute Gasteiger partial charge is 0.407 e. The second kappa shape index (κ2) is 3.97. The summed E-state index contributed by atoms with van der Waals surface area (Å²) in [5.41, 5.74) is 5.39. The largest absolute Gasteiger partial charge is 0.465 e. The fraction of sp³-hybridized carbons (Fsp3) is 0.714. The van der Waals surface area contributed by atoms with Gasteiger partial charge in [0.25, 0.3) is 0 Å². The van der Waals surface area contributed by atoms with Gasteiger partial charge < -0.3 is 20.9 Å². The summed E-state index contributed by atoms with van der Waals surface area (Å²) in [5, 5.41) is 20.0. The fourth-order valence-electron chi connectivity index (χ4n) is 1.47. The zero-order chi connectivity index (χ0) is 9.84. The molecule has 1 saturated heterocycles. The van der Waals surface area contributed by atoms with Crippen LogP contribution in [0.5, 0.6) is 0 Å². The van der Waals surface area contributed by atoms with Crippen molar-refractivity contribution in [2.45, 2.75) is 12.8 Å². The van der Waals surface area contributed by atoms with E-state index in [1.165, 1.54) is 4.90 Å². The fourth-order valence-corrected chi connectivity index (χ4v) is 1.47. The highest BCUT2D eigenvalue weighted by Crippen LogP contribution is 2.16. The van der Waals surface area contributed by atoms with E-state index < -0.39 is 6.09 Å². The summed E-state index contributed by atoms with van der Waals surface area (Å²) in [4.78, 5) is 11.9. The van der Waals surface area contributed by atoms with Crippen molar-refractivity contribution in [3.63, 3.8) is 0 Å². The first kappa shape index (κ1) is 9.63. The van der Waals surface area contributed by atoms with Gasteiger partial charge in [0.05, 0.1) is 0 Å². The molecule has 74 valence electrons. The maximum Gasteiger partial charge on any atom is 0.407 e. The van der Waals surface area contributed by atoms with E-state index in [1.807, 2.05) is 0 Å². The quantitative estimate of drug-likeness (QED) is 0.235. The van der Waals surface area contributed by atoms with E-state index in [0.29, 0.717) is 13.1 Å². The topological polar surface area (TPSA) is 99.2 Å². The first-order chi connectivity index (χ1) is 6.15. The van der Waals surface area contributed by atoms with Crippen molar-refractivity contribution in [1.82, 2.24) is 4.90 Å². The normalized spacial score (nSPS) is 24.5. The van der Waals surface area contributed by atoms with Gasteiger partial charge in [-0.2, -0.15) is 0 Å². The maximum absolute atomic E-state index is 10.6. The summed E-state index contributed by atoms with van der Waals surface area (Å²) in [5.74, 6) is -0.0270. The summed E-state index contributed by atoms with van der Waals surface area (Å²) >= 11 is 0. The number of nitrogens with zero attached hydrogens (tertiary/aromatic N) is 2. The molecule has 1 atom stereocenters. The predicted molar refractivity (Wildman–Crippen MR) is 45.7 cm³/mol. The van der Waals surface area contributed by atoms with Crippen LogP contribution in [0, 0.1) is 5.92 Å². The summed E-state index contributed by atoms with van der Waals surface area (Å²) in [6.07, 6.45) is 0.586. The Morgan fingerprint density at radius 1 is 1.62 bits per heavy atom. The van der Waals surface area contributed by atoms with E-state index in [1.54, 1.807) is 0 Å². The van der Waals surface area contributed by atoms with Crippen LogP contribution in [0.4, 0.5) is 4.79 Å². The highest BCUT2D eigenvalue weighted by molar-refractivity contribution is 5.83. The summed E-state index contributed by atoms with van der Waals surface area (Å²) < 4.78 is 0. The van der Waals surface area contributed by atoms with Crippen molar-refractivity contribution in [2.75, 3.05) is 13.1 Å². The van der Waals surface area contributed by atoms with Crippen LogP contribution in [-0.2, 0) is 0 Å². The van der Waals surface area contributed by atoms with Crippen molar-refractivity contribution in [3.05, 3.63) is 0 Å². The van der Waals surface area contributed by atoms with Crippen LogP contribution >= 0.6 is 0 Å². The third-order valence-corrected chi connectivity index (χ3v) is 2.23. The molecule has 0 aromatic carbocycles. The molecule has 1 unspecified atom stereocenters. The van der Waals surface area contributed by atoms with Gasteiger partial charge in [0, 0.05) is 19.0 Å². The van der Waals surface area contributed by atoms with Crippen LogP contribution in [0.3, 0.4) is 0 Å². The molecule has 1 rings (SSSR count). The number of amides is 1. The molecule has 0 bridgehead atoms. The number of hydrogen-bond acceptors (Lipinski definition) is 3. The van der Waals surface area contributed by atoms with Gasteiger partial charge in [-0.1, -0.05) is 5.16 Å². The highest BCUT2D eigenvalue weighted by atomic mass is 16.4. The van der Waals surface area contributed by atoms with Crippen LogP contribution < -0.4 is 5.73 Å². The Kier molecular flexibility index (Phi) is 2.94. The lowest BCUT2D eigenvalue weighted by Gasteiger charge is -2.29. The average molecular weight is 187 g/mol. The van der Waals surface area contributed by atoms with Gasteiger partial charge in [-0.15, -0.1) is 0 Å². The van der Waals surface area contributed by atoms with Gasteiger partial charge in [0.2, 0.25) is 0 Å². The van der Waals surface area contributed by atoms with Crippen molar-refractivity contribution in [1.29, 1.82) is 0 Å². The monoisotopic (exact) mass is 187 g/mol. The number of carboxylic acid groups (broad SMARTS) is 1. The lowest BCUT2D eigenvalue weighted by atomic mass is 9.97. The van der Waals surface area contributed by atoms with Crippen LogP contribution in [0.25, 0.3) is 0 Å². The van der Waals surface area contributed by atoms with Gasteiger partial charge in [0.15, 0.2) is 0 Å². The predicted octanol–water partition coefficient (Wildman–Crippen LogP) is 0.123. The van der Waals surface area contributed by atoms with E-state index in [2.05, 4.69) is 5.16 Å². The molecule has 0 spiro atoms. The lowest BCUT2D eigenvalue weighted by Crippen LogP contribution is -2.43. The number of rotatable bonds is 1. The molecule has 6 heteroatoms. The molecular formula is C7H13N3O3. The van der Waals surface area contributed by atoms with E-state index in [9.17, 15) is 4.79 Å². The Labute approximate surface area is 75.6 Å². The second-order valence-corrected chi connectivity index (χ2v) is 3.09. The molecule has 6 nitrogen and oxygen atoms in total. The van der Waals surface area contributed by atoms with E-state index in [-0.39, 0.29) is 11.8 Å². The van der Waals surface area contributed by atoms with E-state index >= 15 is 0 Å². The molecule has 1 fully saturated rings. The molecule has 4 N–H and O–H groups in total. The Morgan fingerprint density at radius 2 is 2.31 bits per heavy atom. The van der Waals surface area contributed by atoms with Gasteiger partial charge in [-0.3, -0.25) is 0 Å². The molecule has 1 aliphatic heterocycles. The Bertz CT molecular complexity index is 229. The standard InChI is InChI=1S/C7H13N3O3/c8-6(9-13)5-2-1-3-10(4-5)7(11)12/h5,13H,1-4H2,(H2,8,9)(H,11,12). The Balaban J connectivity index is 2.56. The molecule has 0 aromatic rings. The van der Waals surface area contributed by atoms with Gasteiger partial charge in [-0.25, -0.2) is 4.79 Å². The summed E-state index contributed by atoms with van der Waals surface area (Å²) in [6.45, 7) is 0.857. The Hall–Kier alpha value is -1.46. The third kappa shape index (κ3) is 2.24. The minimum absolute atomic E-state index is 0.117. The molecule has 1 aliphatic rings. The SMILES string of the molecule is N/C(=N/O)C1CCCN(C(=O)O)C1. The second-order valence-electron chi connectivity index (χ2n) is 3.09. The molecule has 0 saturated carbocycles. The zero-order valence-electron chi connectivity index (χ0n) is 7.18. The first-order valence-electron chi connectivity index (χ1n) is 4.10. The third-order valence-electron chi connectivity index (χ3n) is 2.23. The molecule has 0 aliphatic carbocycles. The van der Waals surface area contributed by atoms with Crippen LogP contribution in [0.1, 0.15) is 12.8 Å². The molecule has 0 aromatic heterocycles. The zero-order valence-corrected chi connectivity index (χ0v) is 7.18. The number of amidine groups is 1. The molecule has 1 heterocycles. The van der Waals surface area contributed by atoms with Gasteiger partial charge >= 0.3 is 6.09 Å². The highest BCUT2D eigenvalue weighted by Gasteiger charge is 2.25. The van der Waals surface area contributed by atoms with Gasteiger partial charge in [0.1, 0.15) is 5.84 Å². The number of nitrogens with two attached hydrogens (primary N) is 1. The van der Waals surface area contributed by atoms with Crippen molar-refractivity contribution >= 4 is 11.9 Å². The van der Waals surface area contributed by atoms with Crippen LogP contribution in [0.15, 0.2) is 5.16 Å². The number of piperidine rings is 1. The van der Waals surface area contributed by atoms with E-state index in [4.69, 9.17) is 16.0 Å². The summed E-state index contributed by atoms with van der Waals surface area (Å²) in [7, 11) is 0. The van der Waals surface area contributed by atoms with Crippen LogP contribution in [0.2, 0.25) is 0 Å². The maximum atomic E-state index is 10.6. The average Bonchev–Trinajstić information content (AvgIpc) is 2.17. The number of carbonyl (C=O) groups is 1. The van der Waals surface area contributed by atoms with Gasteiger partial charge in [-0.05, 0) is 12.8 Å². The minimum atomic E-state index is -0.949. The first-order valence-corrected chi connectivity index (χ1v) is 4.10. The Morgan fingerprint density at radius 3 is 2.85 bits per heavy atom. The minimum Gasteiger partial charge on any atom is -0.465 e. The van der Waals surface area contributed by atoms with Crippen molar-refractivity contribution in [3.8, 4) is 0 Å². The number of likely N-dealkylation sites (tertiary alicyclic amines) is 1. The van der Waals surface area contributed by atoms with Crippen molar-refractivity contribution in [2.24, 2.45) is 16.8 Å². The lowest BCUT2D eigenvalue weighted by molar-refractivity contribution is 0.128. The molecular weight excluding hydrogens is 174 g/mol. The van der Waals surface area contributed by atoms with Crippen LogP contribution in [-0.4, -0.2) is 40.2 Å². The molecule has 13 heavy (non-hydrogen) atoms. The summed E-state index contributed by atoms with van der Waals surface area (Å²) in [6, 6.07) is 0. The van der Waals surface area contributed by atoms with E-state index in [0.717, 1.165) is 12.8 Å². The van der Waals surface area contributed by atoms with Crippen molar-refractivity contribution < 1.29 is 15.1 Å². The number of hydrogen-bond donors (Lipinski definition) is 3. The molecule has 1 amide bonds. The number of oxime groups is 1. The molecule has 0 radical (unpaired) electrons.